The lowest BCUT2D eigenvalue weighted by Gasteiger charge is -2.27. The molecule has 7 heteroatoms. The zero-order valence-electron chi connectivity index (χ0n) is 16.2. The van der Waals surface area contributed by atoms with Gasteiger partial charge in [0.05, 0.1) is 6.54 Å². The minimum atomic E-state index is -0.165. The van der Waals surface area contributed by atoms with Gasteiger partial charge in [-0.15, -0.1) is 11.3 Å². The van der Waals surface area contributed by atoms with Crippen molar-refractivity contribution in [2.24, 2.45) is 0 Å². The fraction of sp³-hybridized carbons (Fsp3) is 0.450. The van der Waals surface area contributed by atoms with Crippen molar-refractivity contribution in [3.8, 4) is 0 Å². The van der Waals surface area contributed by atoms with Gasteiger partial charge in [-0.25, -0.2) is 9.78 Å². The van der Waals surface area contributed by atoms with Crippen LogP contribution in [0.3, 0.4) is 0 Å². The van der Waals surface area contributed by atoms with Crippen LogP contribution in [-0.4, -0.2) is 33.9 Å². The van der Waals surface area contributed by atoms with Crippen molar-refractivity contribution in [3.05, 3.63) is 45.4 Å². The van der Waals surface area contributed by atoms with Gasteiger partial charge < -0.3 is 15.5 Å². The second-order valence-electron chi connectivity index (χ2n) is 7.29. The van der Waals surface area contributed by atoms with E-state index in [-0.39, 0.29) is 18.0 Å². The lowest BCUT2D eigenvalue weighted by molar-refractivity contribution is 0.0946. The van der Waals surface area contributed by atoms with Gasteiger partial charge in [-0.2, -0.15) is 0 Å². The number of hydrogen-bond acceptors (Lipinski definition) is 4. The average Bonchev–Trinajstić information content (AvgIpc) is 3.29. The number of aryl methyl sites for hydroxylation is 2. The molecule has 0 atom stereocenters. The number of benzene rings is 1. The van der Waals surface area contributed by atoms with Crippen molar-refractivity contribution in [2.75, 3.05) is 5.32 Å². The monoisotopic (exact) mass is 386 g/mol. The standard InChI is InChI=1S/C20H26N4O2S/c1-12(2)24(20(26)23-18-13(3)6-5-7-14(18)4)10-17-22-16(11-27-17)19(25)21-15-8-9-15/h5-7,11-12,15H,8-10H2,1-4H3,(H,21,25)(H,23,26). The summed E-state index contributed by atoms with van der Waals surface area (Å²) in [5.41, 5.74) is 3.33. The van der Waals surface area contributed by atoms with Crippen molar-refractivity contribution in [2.45, 2.75) is 59.2 Å². The van der Waals surface area contributed by atoms with Crippen LogP contribution in [0.4, 0.5) is 10.5 Å². The lowest BCUT2D eigenvalue weighted by atomic mass is 10.1. The summed E-state index contributed by atoms with van der Waals surface area (Å²) in [4.78, 5) is 31.1. The number of para-hydroxylation sites is 1. The van der Waals surface area contributed by atoms with E-state index in [4.69, 9.17) is 0 Å². The van der Waals surface area contributed by atoms with Gasteiger partial charge in [-0.05, 0) is 51.7 Å². The molecule has 1 aromatic heterocycles. The Kier molecular flexibility index (Phi) is 5.79. The SMILES string of the molecule is Cc1cccc(C)c1NC(=O)N(Cc1nc(C(=O)NC2CC2)cs1)C(C)C. The molecule has 1 aliphatic rings. The molecule has 27 heavy (non-hydrogen) atoms. The molecule has 1 aliphatic carbocycles. The van der Waals surface area contributed by atoms with Crippen molar-refractivity contribution in [1.82, 2.24) is 15.2 Å². The van der Waals surface area contributed by atoms with Crippen LogP contribution in [0.25, 0.3) is 0 Å². The summed E-state index contributed by atoms with van der Waals surface area (Å²) >= 11 is 1.41. The lowest BCUT2D eigenvalue weighted by Crippen LogP contribution is -2.39. The number of carbonyl (C=O) groups excluding carboxylic acids is 2. The maximum atomic E-state index is 12.9. The Morgan fingerprint density at radius 2 is 1.93 bits per heavy atom. The predicted molar refractivity (Wildman–Crippen MR) is 108 cm³/mol. The van der Waals surface area contributed by atoms with Crippen LogP contribution < -0.4 is 10.6 Å². The molecule has 144 valence electrons. The minimum Gasteiger partial charge on any atom is -0.348 e. The summed E-state index contributed by atoms with van der Waals surface area (Å²) in [6, 6.07) is 6.08. The van der Waals surface area contributed by atoms with Crippen molar-refractivity contribution in [3.63, 3.8) is 0 Å². The second kappa shape index (κ2) is 8.08. The van der Waals surface area contributed by atoms with Gasteiger partial charge in [0.1, 0.15) is 10.7 Å². The van der Waals surface area contributed by atoms with Gasteiger partial charge in [-0.1, -0.05) is 18.2 Å². The average molecular weight is 387 g/mol. The molecule has 0 bridgehead atoms. The first-order valence-corrected chi connectivity index (χ1v) is 10.1. The number of carbonyl (C=O) groups is 2. The Hall–Kier alpha value is -2.41. The fourth-order valence-corrected chi connectivity index (χ4v) is 3.57. The highest BCUT2D eigenvalue weighted by molar-refractivity contribution is 7.09. The highest BCUT2D eigenvalue weighted by Crippen LogP contribution is 2.22. The number of nitrogens with zero attached hydrogens (tertiary/aromatic N) is 2. The second-order valence-corrected chi connectivity index (χ2v) is 8.24. The van der Waals surface area contributed by atoms with Crippen LogP contribution in [0, 0.1) is 13.8 Å². The van der Waals surface area contributed by atoms with Crippen LogP contribution in [0.15, 0.2) is 23.6 Å². The van der Waals surface area contributed by atoms with Gasteiger partial charge in [0.25, 0.3) is 5.91 Å². The first-order valence-electron chi connectivity index (χ1n) is 9.24. The molecule has 0 radical (unpaired) electrons. The summed E-state index contributed by atoms with van der Waals surface area (Å²) < 4.78 is 0. The van der Waals surface area contributed by atoms with E-state index in [1.54, 1.807) is 10.3 Å². The van der Waals surface area contributed by atoms with E-state index >= 15 is 0 Å². The molecule has 0 spiro atoms. The van der Waals surface area contributed by atoms with E-state index in [0.29, 0.717) is 18.3 Å². The van der Waals surface area contributed by atoms with E-state index in [1.165, 1.54) is 11.3 Å². The maximum absolute atomic E-state index is 12.9. The van der Waals surface area contributed by atoms with Gasteiger partial charge in [0.2, 0.25) is 0 Å². The molecule has 1 fully saturated rings. The van der Waals surface area contributed by atoms with Crippen molar-refractivity contribution >= 4 is 29.0 Å². The van der Waals surface area contributed by atoms with Gasteiger partial charge >= 0.3 is 6.03 Å². The summed E-state index contributed by atoms with van der Waals surface area (Å²) in [5.74, 6) is -0.129. The Bertz CT molecular complexity index is 822. The van der Waals surface area contributed by atoms with Gasteiger partial charge in [0.15, 0.2) is 0 Å². The number of amides is 3. The molecule has 1 aromatic carbocycles. The Labute approximate surface area is 164 Å². The molecule has 6 nitrogen and oxygen atoms in total. The van der Waals surface area contributed by atoms with E-state index in [1.807, 2.05) is 45.9 Å². The zero-order chi connectivity index (χ0) is 19.6. The number of aromatic nitrogens is 1. The van der Waals surface area contributed by atoms with Gasteiger partial charge in [-0.3, -0.25) is 4.79 Å². The molecule has 1 heterocycles. The largest absolute Gasteiger partial charge is 0.348 e. The summed E-state index contributed by atoms with van der Waals surface area (Å²) in [5, 5.41) is 8.48. The highest BCUT2D eigenvalue weighted by Gasteiger charge is 2.25. The quantitative estimate of drug-likeness (QED) is 0.785. The third-order valence-corrected chi connectivity index (χ3v) is 5.43. The molecule has 2 aromatic rings. The molecular weight excluding hydrogens is 360 g/mol. The molecule has 3 amide bonds. The minimum absolute atomic E-state index is 0.00182. The van der Waals surface area contributed by atoms with E-state index in [9.17, 15) is 9.59 Å². The van der Waals surface area contributed by atoms with Gasteiger partial charge in [0, 0.05) is 23.2 Å². The van der Waals surface area contributed by atoms with Crippen LogP contribution in [0.1, 0.15) is 53.3 Å². The van der Waals surface area contributed by atoms with Crippen LogP contribution >= 0.6 is 11.3 Å². The topological polar surface area (TPSA) is 74.3 Å². The molecule has 2 N–H and O–H groups in total. The first kappa shape index (κ1) is 19.4. The number of hydrogen-bond donors (Lipinski definition) is 2. The number of urea groups is 1. The number of nitrogens with one attached hydrogen (secondary N) is 2. The number of rotatable bonds is 6. The van der Waals surface area contributed by atoms with E-state index in [2.05, 4.69) is 15.6 Å². The maximum Gasteiger partial charge on any atom is 0.322 e. The van der Waals surface area contributed by atoms with E-state index < -0.39 is 0 Å². The third kappa shape index (κ3) is 4.86. The molecular formula is C20H26N4O2S. The van der Waals surface area contributed by atoms with Crippen molar-refractivity contribution < 1.29 is 9.59 Å². The Morgan fingerprint density at radius 3 is 2.52 bits per heavy atom. The number of thiazole rings is 1. The highest BCUT2D eigenvalue weighted by atomic mass is 32.1. The van der Waals surface area contributed by atoms with Crippen LogP contribution in [0.2, 0.25) is 0 Å². The first-order chi connectivity index (χ1) is 12.8. The third-order valence-electron chi connectivity index (χ3n) is 4.60. The molecule has 0 aliphatic heterocycles. The summed E-state index contributed by atoms with van der Waals surface area (Å²) in [6.45, 7) is 8.27. The Balaban J connectivity index is 1.69. The Morgan fingerprint density at radius 1 is 1.26 bits per heavy atom. The molecule has 0 unspecified atom stereocenters. The number of anilines is 1. The smallest absolute Gasteiger partial charge is 0.322 e. The molecule has 0 saturated heterocycles. The van der Waals surface area contributed by atoms with Crippen molar-refractivity contribution in [1.29, 1.82) is 0 Å². The molecule has 3 rings (SSSR count). The van der Waals surface area contributed by atoms with Crippen LogP contribution in [-0.2, 0) is 6.54 Å². The van der Waals surface area contributed by atoms with Crippen LogP contribution in [0.5, 0.6) is 0 Å². The summed E-state index contributed by atoms with van der Waals surface area (Å²) in [7, 11) is 0. The predicted octanol–water partition coefficient (Wildman–Crippen LogP) is 4.09. The summed E-state index contributed by atoms with van der Waals surface area (Å²) in [6.07, 6.45) is 2.09. The van der Waals surface area contributed by atoms with E-state index in [0.717, 1.165) is 34.7 Å². The normalized spacial score (nSPS) is 13.5. The fourth-order valence-electron chi connectivity index (χ4n) is 2.80. The molecule has 1 saturated carbocycles. The zero-order valence-corrected chi connectivity index (χ0v) is 17.0.